The van der Waals surface area contributed by atoms with Crippen molar-refractivity contribution < 1.29 is 9.32 Å². The number of benzene rings is 2. The minimum atomic E-state index is -0.336. The molecule has 1 aliphatic heterocycles. The summed E-state index contributed by atoms with van der Waals surface area (Å²) in [5.41, 5.74) is 3.92. The minimum absolute atomic E-state index is 0.174. The van der Waals surface area contributed by atoms with Gasteiger partial charge in [0.15, 0.2) is 5.13 Å². The fraction of sp³-hybridized carbons (Fsp3) is 0.174. The lowest BCUT2D eigenvalue weighted by atomic mass is 10.1. The second kappa shape index (κ2) is 8.22. The van der Waals surface area contributed by atoms with Gasteiger partial charge in [-0.05, 0) is 5.56 Å². The Morgan fingerprint density at radius 3 is 2.67 bits per heavy atom. The van der Waals surface area contributed by atoms with Gasteiger partial charge in [-0.1, -0.05) is 65.8 Å². The summed E-state index contributed by atoms with van der Waals surface area (Å²) in [6.45, 7) is 2.72. The van der Waals surface area contributed by atoms with Gasteiger partial charge >= 0.3 is 0 Å². The lowest BCUT2D eigenvalue weighted by Crippen LogP contribution is -2.29. The third-order valence-corrected chi connectivity index (χ3v) is 6.08. The van der Waals surface area contributed by atoms with Crippen LogP contribution in [0.25, 0.3) is 11.3 Å². The summed E-state index contributed by atoms with van der Waals surface area (Å²) < 4.78 is 5.25. The summed E-state index contributed by atoms with van der Waals surface area (Å²) >= 11 is 1.53. The monoisotopic (exact) mass is 416 g/mol. The molecule has 7 heteroatoms. The van der Waals surface area contributed by atoms with Gasteiger partial charge in [-0.25, -0.2) is 4.98 Å². The Hall–Kier alpha value is -3.29. The van der Waals surface area contributed by atoms with Gasteiger partial charge in [-0.2, -0.15) is 0 Å². The number of fused-ring (bicyclic) bond motifs is 1. The van der Waals surface area contributed by atoms with Crippen LogP contribution in [-0.4, -0.2) is 27.5 Å². The van der Waals surface area contributed by atoms with Gasteiger partial charge in [-0.3, -0.25) is 15.0 Å². The fourth-order valence-corrected chi connectivity index (χ4v) is 4.61. The largest absolute Gasteiger partial charge is 0.350 e. The Morgan fingerprint density at radius 1 is 1.10 bits per heavy atom. The minimum Gasteiger partial charge on any atom is -0.350 e. The molecular formula is C23H20N4O2S. The smallest absolute Gasteiger partial charge is 0.296 e. The number of nitrogens with zero attached hydrogens (tertiary/aromatic N) is 3. The van der Waals surface area contributed by atoms with Crippen molar-refractivity contribution in [1.82, 2.24) is 15.0 Å². The number of aromatic nitrogens is 2. The van der Waals surface area contributed by atoms with E-state index in [0.717, 1.165) is 37.3 Å². The first-order valence-electron chi connectivity index (χ1n) is 9.83. The van der Waals surface area contributed by atoms with Crippen molar-refractivity contribution >= 4 is 22.4 Å². The van der Waals surface area contributed by atoms with Crippen molar-refractivity contribution in [2.75, 3.05) is 11.9 Å². The molecule has 0 atom stereocenters. The molecule has 0 spiro atoms. The maximum Gasteiger partial charge on any atom is 0.296 e. The topological polar surface area (TPSA) is 71.3 Å². The summed E-state index contributed by atoms with van der Waals surface area (Å²) in [7, 11) is 0. The van der Waals surface area contributed by atoms with E-state index in [0.29, 0.717) is 10.8 Å². The lowest BCUT2D eigenvalue weighted by Gasteiger charge is -2.25. The van der Waals surface area contributed by atoms with E-state index in [2.05, 4.69) is 44.6 Å². The van der Waals surface area contributed by atoms with Crippen LogP contribution >= 0.6 is 11.3 Å². The number of amides is 1. The predicted molar refractivity (Wildman–Crippen MR) is 116 cm³/mol. The molecule has 1 N–H and O–H groups in total. The maximum absolute atomic E-state index is 12.6. The zero-order valence-corrected chi connectivity index (χ0v) is 17.1. The van der Waals surface area contributed by atoms with Crippen molar-refractivity contribution in [3.05, 3.63) is 88.6 Å². The van der Waals surface area contributed by atoms with E-state index < -0.39 is 0 Å². The molecule has 1 aliphatic rings. The van der Waals surface area contributed by atoms with Gasteiger partial charge in [0.05, 0.1) is 5.69 Å². The molecule has 6 nitrogen and oxygen atoms in total. The zero-order valence-electron chi connectivity index (χ0n) is 16.2. The van der Waals surface area contributed by atoms with Gasteiger partial charge in [-0.15, -0.1) is 11.3 Å². The second-order valence-corrected chi connectivity index (χ2v) is 8.32. The third-order valence-electron chi connectivity index (χ3n) is 5.08. The summed E-state index contributed by atoms with van der Waals surface area (Å²) in [4.78, 5) is 20.8. The highest BCUT2D eigenvalue weighted by Crippen LogP contribution is 2.29. The normalized spacial score (nSPS) is 13.7. The number of carbonyl (C=O) groups excluding carboxylic acids is 1. The molecule has 2 aromatic heterocycles. The first-order chi connectivity index (χ1) is 14.7. The SMILES string of the molecule is O=C(Nc1nc2c(s1)CN(Cc1ccccc1)CC2)c1cc(-c2ccccc2)no1. The molecular weight excluding hydrogens is 396 g/mol. The van der Waals surface area contributed by atoms with Crippen LogP contribution in [0.4, 0.5) is 5.13 Å². The Morgan fingerprint density at radius 2 is 1.87 bits per heavy atom. The van der Waals surface area contributed by atoms with Crippen LogP contribution in [0.15, 0.2) is 71.3 Å². The van der Waals surface area contributed by atoms with Crippen LogP contribution in [0.5, 0.6) is 0 Å². The van der Waals surface area contributed by atoms with Crippen molar-refractivity contribution in [2.45, 2.75) is 19.5 Å². The quantitative estimate of drug-likeness (QED) is 0.514. The fourth-order valence-electron chi connectivity index (χ4n) is 3.56. The molecule has 0 unspecified atom stereocenters. The Balaban J connectivity index is 1.25. The third kappa shape index (κ3) is 4.03. The molecule has 30 heavy (non-hydrogen) atoms. The average molecular weight is 417 g/mol. The summed E-state index contributed by atoms with van der Waals surface area (Å²) in [5, 5.41) is 7.47. The van der Waals surface area contributed by atoms with E-state index in [4.69, 9.17) is 4.52 Å². The summed E-state index contributed by atoms with van der Waals surface area (Å²) in [6.07, 6.45) is 0.884. The number of thiazole rings is 1. The van der Waals surface area contributed by atoms with E-state index in [9.17, 15) is 4.79 Å². The first kappa shape index (κ1) is 18.7. The van der Waals surface area contributed by atoms with Gasteiger partial charge in [0, 0.05) is 42.6 Å². The van der Waals surface area contributed by atoms with E-state index in [-0.39, 0.29) is 11.7 Å². The first-order valence-corrected chi connectivity index (χ1v) is 10.6. The predicted octanol–water partition coefficient (Wildman–Crippen LogP) is 4.61. The summed E-state index contributed by atoms with van der Waals surface area (Å²) in [6, 6.07) is 21.7. The maximum atomic E-state index is 12.6. The lowest BCUT2D eigenvalue weighted by molar-refractivity contribution is 0.0988. The highest BCUT2D eigenvalue weighted by molar-refractivity contribution is 7.15. The zero-order chi connectivity index (χ0) is 20.3. The molecule has 5 rings (SSSR count). The summed E-state index contributed by atoms with van der Waals surface area (Å²) in [5.74, 6) is -0.162. The van der Waals surface area contributed by atoms with Gasteiger partial charge in [0.25, 0.3) is 5.91 Å². The molecule has 0 fully saturated rings. The number of hydrogen-bond donors (Lipinski definition) is 1. The Labute approximate surface area is 178 Å². The number of anilines is 1. The molecule has 2 aromatic carbocycles. The number of nitrogens with one attached hydrogen (secondary N) is 1. The standard InChI is InChI=1S/C23H20N4O2S/c28-22(20-13-19(26-29-20)17-9-5-2-6-10-17)25-23-24-18-11-12-27(15-21(18)30-23)14-16-7-3-1-4-8-16/h1-10,13H,11-12,14-15H2,(H,24,25,28). The van der Waals surface area contributed by atoms with Crippen molar-refractivity contribution in [3.8, 4) is 11.3 Å². The molecule has 0 radical (unpaired) electrons. The number of hydrogen-bond acceptors (Lipinski definition) is 6. The van der Waals surface area contributed by atoms with Crippen molar-refractivity contribution in [1.29, 1.82) is 0 Å². The van der Waals surface area contributed by atoms with Gasteiger partial charge in [0.1, 0.15) is 5.69 Å². The van der Waals surface area contributed by atoms with E-state index in [1.165, 1.54) is 21.8 Å². The Kier molecular flexibility index (Phi) is 5.13. The van der Waals surface area contributed by atoms with Crippen LogP contribution < -0.4 is 5.32 Å². The number of carbonyl (C=O) groups is 1. The van der Waals surface area contributed by atoms with E-state index in [1.807, 2.05) is 36.4 Å². The van der Waals surface area contributed by atoms with E-state index >= 15 is 0 Å². The van der Waals surface area contributed by atoms with Gasteiger partial charge in [0.2, 0.25) is 5.76 Å². The van der Waals surface area contributed by atoms with Crippen LogP contribution in [0.3, 0.4) is 0 Å². The van der Waals surface area contributed by atoms with Crippen LogP contribution in [0.2, 0.25) is 0 Å². The molecule has 4 aromatic rings. The molecule has 0 bridgehead atoms. The van der Waals surface area contributed by atoms with Crippen LogP contribution in [-0.2, 0) is 19.5 Å². The second-order valence-electron chi connectivity index (χ2n) is 7.23. The Bertz CT molecular complexity index is 1150. The molecule has 0 saturated heterocycles. The van der Waals surface area contributed by atoms with E-state index in [1.54, 1.807) is 6.07 Å². The van der Waals surface area contributed by atoms with Gasteiger partial charge < -0.3 is 4.52 Å². The average Bonchev–Trinajstić information content (AvgIpc) is 3.42. The molecule has 0 aliphatic carbocycles. The van der Waals surface area contributed by atoms with Crippen LogP contribution in [0, 0.1) is 0 Å². The molecule has 3 heterocycles. The number of rotatable bonds is 5. The molecule has 150 valence electrons. The van der Waals surface area contributed by atoms with Crippen molar-refractivity contribution in [3.63, 3.8) is 0 Å². The van der Waals surface area contributed by atoms with Crippen molar-refractivity contribution in [2.24, 2.45) is 0 Å². The molecule has 0 saturated carbocycles. The highest BCUT2D eigenvalue weighted by Gasteiger charge is 2.22. The van der Waals surface area contributed by atoms with Crippen LogP contribution in [0.1, 0.15) is 26.7 Å². The molecule has 1 amide bonds. The highest BCUT2D eigenvalue weighted by atomic mass is 32.1.